The highest BCUT2D eigenvalue weighted by Gasteiger charge is 3.02. The average molecular weight is 1110 g/mol. The van der Waals surface area contributed by atoms with Gasteiger partial charge in [-0.25, -0.2) is 9.59 Å². The molecule has 0 aliphatic carbocycles. The minimum atomic E-state index is -10.4. The first-order valence-electron chi connectivity index (χ1n) is 15.9. The molecule has 0 saturated carbocycles. The number of carbonyl (C=O) groups is 2. The number of aliphatic imine (C=N–C) groups is 2. The van der Waals surface area contributed by atoms with Crippen molar-refractivity contribution in [1.82, 2.24) is 5.32 Å². The highest BCUT2D eigenvalue weighted by atomic mass is 19.4. The average Bonchev–Trinajstić information content (AvgIpc) is 3.17. The third kappa shape index (κ3) is 8.07. The van der Waals surface area contributed by atoms with E-state index in [4.69, 9.17) is 0 Å². The van der Waals surface area contributed by atoms with Crippen LogP contribution in [0.1, 0.15) is 28.4 Å². The van der Waals surface area contributed by atoms with Crippen LogP contribution in [-0.4, -0.2) is 120 Å². The Labute approximate surface area is 358 Å². The Hall–Kier alpha value is -5.39. The first-order chi connectivity index (χ1) is 30.4. The zero-order valence-electron chi connectivity index (χ0n) is 31.7. The quantitative estimate of drug-likeness (QED) is 0.0459. The summed E-state index contributed by atoms with van der Waals surface area (Å²) in [6.45, 7) is -0.908. The molecule has 0 bridgehead atoms. The van der Waals surface area contributed by atoms with Crippen LogP contribution < -0.4 is 5.32 Å². The zero-order valence-corrected chi connectivity index (χ0v) is 31.7. The maximum Gasteiger partial charge on any atom is 0.460 e. The zero-order chi connectivity index (χ0) is 56.7. The molecular weight excluding hydrogens is 1100 g/mol. The van der Waals surface area contributed by atoms with Crippen molar-refractivity contribution in [2.24, 2.45) is 9.98 Å². The number of esters is 1. The summed E-state index contributed by atoms with van der Waals surface area (Å²) in [5.41, 5.74) is -11.4. The van der Waals surface area contributed by atoms with Crippen molar-refractivity contribution in [2.45, 2.75) is 109 Å². The fourth-order valence-corrected chi connectivity index (χ4v) is 4.78. The van der Waals surface area contributed by atoms with Crippen molar-refractivity contribution >= 4 is 35.4 Å². The lowest BCUT2D eigenvalue weighted by Gasteiger charge is -2.47. The molecule has 0 aliphatic rings. The second kappa shape index (κ2) is 17.4. The summed E-state index contributed by atoms with van der Waals surface area (Å²) in [5.74, 6) is -151. The second-order valence-electron chi connectivity index (χ2n) is 13.1. The van der Waals surface area contributed by atoms with E-state index >= 15 is 17.6 Å². The normalized spacial score (nSPS) is 15.2. The van der Waals surface area contributed by atoms with Gasteiger partial charge in [0.05, 0.1) is 16.9 Å². The lowest BCUT2D eigenvalue weighted by Crippen LogP contribution is -2.79. The summed E-state index contributed by atoms with van der Waals surface area (Å²) in [4.78, 5) is 50.1. The van der Waals surface area contributed by atoms with Gasteiger partial charge in [-0.1, -0.05) is 0 Å². The lowest BCUT2D eigenvalue weighted by molar-refractivity contribution is -0.491. The molecule has 1 aromatic rings. The Morgan fingerprint density at radius 2 is 0.743 bits per heavy atom. The molecule has 8 nitrogen and oxygen atoms in total. The smallest absolute Gasteiger partial charge is 0.445 e. The number of hydrogen-bond acceptors (Lipinski definition) is 7. The van der Waals surface area contributed by atoms with Crippen LogP contribution in [0, 0.1) is 6.92 Å². The van der Waals surface area contributed by atoms with Gasteiger partial charge in [0, 0.05) is 18.1 Å². The molecule has 0 unspecified atom stereocenters. The van der Waals surface area contributed by atoms with Gasteiger partial charge in [0.15, 0.2) is 6.73 Å². The number of isocyanates is 2. The number of hydrogen-bond donors (Lipinski definition) is 1. The van der Waals surface area contributed by atoms with Crippen LogP contribution >= 0.6 is 0 Å². The summed E-state index contributed by atoms with van der Waals surface area (Å²) in [7, 11) is 0. The number of halogens is 33. The Balaban J connectivity index is 4.33. The van der Waals surface area contributed by atoms with Gasteiger partial charge in [0.1, 0.15) is 0 Å². The van der Waals surface area contributed by atoms with Crippen molar-refractivity contribution in [2.75, 3.05) is 6.73 Å². The monoisotopic (exact) mass is 1110 g/mol. The van der Waals surface area contributed by atoms with Crippen LogP contribution in [0.4, 0.5) is 156 Å². The fraction of sp³-hybridized carbons (Fsp3) is 0.655. The van der Waals surface area contributed by atoms with Gasteiger partial charge >= 0.3 is 101 Å². The summed E-state index contributed by atoms with van der Waals surface area (Å²) in [6, 6.07) is -1.06. The third-order valence-electron chi connectivity index (χ3n) is 8.80. The van der Waals surface area contributed by atoms with Crippen LogP contribution in [0.3, 0.4) is 0 Å². The van der Waals surface area contributed by atoms with Gasteiger partial charge in [-0.05, 0) is 13.0 Å². The SMILES string of the molecule is CC(=O)OCNC(=O)c1c(C(F)(F)C(F)(F)C(F)(F)C(F)(F)C(F)(F)C(F)(F)C(F)(F)C(F)(F)C(F)(F)C(F)(F)C(F)(F)C(F)(F)C(F)(F)C(F)(F)C(F)(F)C(F)(F)F)cc(N=C=O)c(C)c1N=C=O. The molecule has 402 valence electrons. The Morgan fingerprint density at radius 1 is 0.471 bits per heavy atom. The third-order valence-corrected chi connectivity index (χ3v) is 8.80. The minimum Gasteiger partial charge on any atom is -0.445 e. The van der Waals surface area contributed by atoms with E-state index in [1.807, 2.05) is 0 Å². The van der Waals surface area contributed by atoms with Crippen LogP contribution in [0.25, 0.3) is 0 Å². The van der Waals surface area contributed by atoms with Gasteiger partial charge in [-0.15, -0.1) is 0 Å². The van der Waals surface area contributed by atoms with Crippen LogP contribution in [0.5, 0.6) is 0 Å². The van der Waals surface area contributed by atoms with Gasteiger partial charge in [0.2, 0.25) is 12.2 Å². The maximum atomic E-state index is 15.6. The molecule has 1 rings (SSSR count). The number of carbonyl (C=O) groups excluding carboxylic acids is 4. The van der Waals surface area contributed by atoms with E-state index in [1.165, 1.54) is 0 Å². The topological polar surface area (TPSA) is 114 Å². The summed E-state index contributed by atoms with van der Waals surface area (Å²) < 4.78 is 469. The molecule has 41 heteroatoms. The largest absolute Gasteiger partial charge is 0.460 e. The van der Waals surface area contributed by atoms with Crippen molar-refractivity contribution in [3.8, 4) is 0 Å². The number of ether oxygens (including phenoxy) is 1. The highest BCUT2D eigenvalue weighted by Crippen LogP contribution is 2.70. The molecular formula is C29H10F33N3O5. The highest BCUT2D eigenvalue weighted by molar-refractivity contribution is 6.03. The number of amides is 1. The molecule has 1 amide bonds. The van der Waals surface area contributed by atoms with Crippen molar-refractivity contribution in [1.29, 1.82) is 0 Å². The standard InChI is InChI=1S/C29H10F33N3O5/c1-7-10(63-4-66)3-9(11(12(7)64-5-67)13(69)65-6-70-8(2)68)14(30,31)15(32,33)16(34,35)17(36,37)18(38,39)19(40,41)20(42,43)21(44,45)22(46,47)23(48,49)24(50,51)25(52,53)26(54,55)27(56,57)28(58,59)29(60,61)62/h3H,6H2,1-2H3,(H,65,69). The molecule has 0 spiro atoms. The molecule has 0 atom stereocenters. The molecule has 0 aromatic heterocycles. The molecule has 0 fully saturated rings. The Morgan fingerprint density at radius 3 is 1.00 bits per heavy atom. The van der Waals surface area contributed by atoms with E-state index in [0.29, 0.717) is 26.0 Å². The van der Waals surface area contributed by atoms with Gasteiger partial charge < -0.3 is 10.1 Å². The van der Waals surface area contributed by atoms with Gasteiger partial charge in [0.25, 0.3) is 5.91 Å². The fourth-order valence-electron chi connectivity index (χ4n) is 4.78. The summed E-state index contributed by atoms with van der Waals surface area (Å²) in [5, 5.41) is 1.07. The van der Waals surface area contributed by atoms with E-state index in [-0.39, 0.29) is 0 Å². The number of alkyl halides is 33. The second-order valence-corrected chi connectivity index (χ2v) is 13.1. The predicted octanol–water partition coefficient (Wildman–Crippen LogP) is 11.7. The maximum absolute atomic E-state index is 15.6. The first kappa shape index (κ1) is 62.6. The summed E-state index contributed by atoms with van der Waals surface area (Å²) >= 11 is 0. The predicted molar refractivity (Wildman–Crippen MR) is 150 cm³/mol. The summed E-state index contributed by atoms with van der Waals surface area (Å²) in [6.07, 6.45) is -7.82. The molecule has 1 aromatic carbocycles. The van der Waals surface area contributed by atoms with Crippen LogP contribution in [0.2, 0.25) is 0 Å². The lowest BCUT2D eigenvalue weighted by atomic mass is 9.82. The van der Waals surface area contributed by atoms with E-state index in [1.54, 1.807) is 0 Å². The van der Waals surface area contributed by atoms with Crippen LogP contribution in [0.15, 0.2) is 16.1 Å². The molecule has 1 N–H and O–H groups in total. The van der Waals surface area contributed by atoms with Crippen molar-refractivity contribution in [3.05, 3.63) is 22.8 Å². The van der Waals surface area contributed by atoms with E-state index in [9.17, 15) is 147 Å². The van der Waals surface area contributed by atoms with Gasteiger partial charge in [-0.2, -0.15) is 155 Å². The van der Waals surface area contributed by atoms with E-state index < -0.39 is 148 Å². The Kier molecular flexibility index (Phi) is 15.6. The van der Waals surface area contributed by atoms with Gasteiger partial charge in [-0.3, -0.25) is 9.59 Å². The van der Waals surface area contributed by atoms with Crippen molar-refractivity contribution in [3.63, 3.8) is 0 Å². The minimum absolute atomic E-state index is 0.303. The molecule has 0 saturated heterocycles. The molecule has 0 aliphatic heterocycles. The molecule has 70 heavy (non-hydrogen) atoms. The van der Waals surface area contributed by atoms with Crippen molar-refractivity contribution < 1.29 is 169 Å². The van der Waals surface area contributed by atoms with E-state index in [0.717, 1.165) is 5.32 Å². The number of rotatable bonds is 20. The van der Waals surface area contributed by atoms with E-state index in [2.05, 4.69) is 14.7 Å². The number of benzene rings is 1. The van der Waals surface area contributed by atoms with Crippen LogP contribution in [-0.2, 0) is 25.0 Å². The Bertz CT molecular complexity index is 2290. The molecule has 0 radical (unpaired) electrons. The number of nitrogens with zero attached hydrogens (tertiary/aromatic N) is 2. The molecule has 0 heterocycles. The first-order valence-corrected chi connectivity index (χ1v) is 15.9. The number of nitrogens with one attached hydrogen (secondary N) is 1.